The number of Topliss-reactive ketones (excluding diaryl/α,β-unsaturated/α-hetero) is 1. The number of ether oxygens (including phenoxy) is 2. The summed E-state index contributed by atoms with van der Waals surface area (Å²) in [5.41, 5.74) is 0.809. The predicted molar refractivity (Wildman–Crippen MR) is 123 cm³/mol. The minimum absolute atomic E-state index is 0.118. The molecule has 33 heavy (non-hydrogen) atoms. The monoisotopic (exact) mass is 451 g/mol. The summed E-state index contributed by atoms with van der Waals surface area (Å²) < 4.78 is 10.3. The molecule has 174 valence electrons. The van der Waals surface area contributed by atoms with Crippen molar-refractivity contribution in [2.24, 2.45) is 0 Å². The molecule has 1 amide bonds. The van der Waals surface area contributed by atoms with Crippen molar-refractivity contribution in [3.8, 4) is 16.9 Å². The van der Waals surface area contributed by atoms with E-state index >= 15 is 0 Å². The number of carbonyl (C=O) groups excluding carboxylic acids is 4. The van der Waals surface area contributed by atoms with E-state index in [-0.39, 0.29) is 37.1 Å². The number of hydrogen-bond donors (Lipinski definition) is 0. The van der Waals surface area contributed by atoms with Gasteiger partial charge in [0.25, 0.3) is 5.91 Å². The Kier molecular flexibility index (Phi) is 6.72. The summed E-state index contributed by atoms with van der Waals surface area (Å²) in [4.78, 5) is 50.2. The second kappa shape index (κ2) is 9.17. The Labute approximate surface area is 193 Å². The number of carbonyl (C=O) groups is 4. The molecule has 3 rings (SSSR count). The van der Waals surface area contributed by atoms with E-state index in [0.717, 1.165) is 11.1 Å². The van der Waals surface area contributed by atoms with Gasteiger partial charge in [-0.05, 0) is 63.1 Å². The highest BCUT2D eigenvalue weighted by Gasteiger charge is 2.47. The number of rotatable bonds is 5. The van der Waals surface area contributed by atoms with Crippen LogP contribution in [0.15, 0.2) is 48.5 Å². The minimum Gasteiger partial charge on any atom is -0.452 e. The highest BCUT2D eigenvalue weighted by molar-refractivity contribution is 5.93. The molecule has 1 aliphatic rings. The van der Waals surface area contributed by atoms with Gasteiger partial charge in [-0.25, -0.2) is 4.79 Å². The number of hydrogen-bond acceptors (Lipinski definition) is 6. The smallest absolute Gasteiger partial charge is 0.338 e. The van der Waals surface area contributed by atoms with Crippen LogP contribution in [0, 0.1) is 0 Å². The van der Waals surface area contributed by atoms with E-state index in [0.29, 0.717) is 11.3 Å². The highest BCUT2D eigenvalue weighted by Crippen LogP contribution is 2.36. The molecule has 0 bridgehead atoms. The molecular weight excluding hydrogens is 422 g/mol. The van der Waals surface area contributed by atoms with Crippen LogP contribution in [0.25, 0.3) is 11.1 Å². The van der Waals surface area contributed by atoms with Gasteiger partial charge in [0, 0.05) is 30.8 Å². The number of likely N-dealkylation sites (tertiary alicyclic amines) is 1. The molecule has 7 nitrogen and oxygen atoms in total. The van der Waals surface area contributed by atoms with E-state index < -0.39 is 17.0 Å². The normalized spacial score (nSPS) is 16.8. The second-order valence-electron chi connectivity index (χ2n) is 9.52. The van der Waals surface area contributed by atoms with Crippen molar-refractivity contribution < 1.29 is 28.7 Å². The van der Waals surface area contributed by atoms with Gasteiger partial charge >= 0.3 is 11.9 Å². The van der Waals surface area contributed by atoms with Crippen LogP contribution in [-0.2, 0) is 19.1 Å². The summed E-state index contributed by atoms with van der Waals surface area (Å²) in [5, 5.41) is 0. The van der Waals surface area contributed by atoms with Gasteiger partial charge in [-0.1, -0.05) is 24.3 Å². The van der Waals surface area contributed by atoms with Gasteiger partial charge in [0.05, 0.1) is 5.56 Å². The Hall–Kier alpha value is -3.48. The van der Waals surface area contributed by atoms with Crippen molar-refractivity contribution >= 4 is 23.6 Å². The molecule has 1 saturated heterocycles. The van der Waals surface area contributed by atoms with Crippen molar-refractivity contribution in [2.75, 3.05) is 6.61 Å². The van der Waals surface area contributed by atoms with Gasteiger partial charge in [-0.3, -0.25) is 14.4 Å². The van der Waals surface area contributed by atoms with E-state index in [4.69, 9.17) is 9.47 Å². The molecule has 0 saturated carbocycles. The molecule has 0 atom stereocenters. The zero-order valence-corrected chi connectivity index (χ0v) is 19.6. The standard InChI is InChI=1S/C26H29NO6/c1-17(28)33-22-12-10-19(11-13-22)18-6-8-20(9-7-18)24(31)32-16-23(30)27-25(2,3)14-21(29)15-26(27,4)5/h6-13H,14-16H2,1-5H3. The molecule has 2 aromatic carbocycles. The van der Waals surface area contributed by atoms with E-state index in [1.807, 2.05) is 39.8 Å². The maximum absolute atomic E-state index is 12.9. The lowest BCUT2D eigenvalue weighted by Crippen LogP contribution is -2.63. The molecule has 1 fully saturated rings. The number of amides is 1. The Morgan fingerprint density at radius 3 is 1.82 bits per heavy atom. The van der Waals surface area contributed by atoms with Gasteiger partial charge in [-0.15, -0.1) is 0 Å². The van der Waals surface area contributed by atoms with Crippen LogP contribution < -0.4 is 4.74 Å². The quantitative estimate of drug-likeness (QED) is 0.500. The Bertz CT molecular complexity index is 1050. The lowest BCUT2D eigenvalue weighted by molar-refractivity contribution is -0.156. The number of benzene rings is 2. The average molecular weight is 452 g/mol. The third-order valence-electron chi connectivity index (χ3n) is 5.62. The van der Waals surface area contributed by atoms with Crippen molar-refractivity contribution in [2.45, 2.75) is 58.5 Å². The topological polar surface area (TPSA) is 90.0 Å². The first-order chi connectivity index (χ1) is 15.4. The molecular formula is C26H29NO6. The summed E-state index contributed by atoms with van der Waals surface area (Å²) in [6.07, 6.45) is 0.554. The fraction of sp³-hybridized carbons (Fsp3) is 0.385. The van der Waals surface area contributed by atoms with Crippen LogP contribution in [0.5, 0.6) is 5.75 Å². The van der Waals surface area contributed by atoms with Crippen LogP contribution in [-0.4, -0.2) is 46.2 Å². The minimum atomic E-state index is -0.644. The third-order valence-corrected chi connectivity index (χ3v) is 5.62. The van der Waals surface area contributed by atoms with Crippen LogP contribution in [0.1, 0.15) is 57.8 Å². The van der Waals surface area contributed by atoms with E-state index in [2.05, 4.69) is 0 Å². The van der Waals surface area contributed by atoms with Gasteiger partial charge in [0.15, 0.2) is 6.61 Å². The summed E-state index contributed by atoms with van der Waals surface area (Å²) in [7, 11) is 0. The predicted octanol–water partition coefficient (Wildman–Crippen LogP) is 4.18. The van der Waals surface area contributed by atoms with E-state index in [1.165, 1.54) is 6.92 Å². The molecule has 1 aliphatic heterocycles. The SMILES string of the molecule is CC(=O)Oc1ccc(-c2ccc(C(=O)OCC(=O)N3C(C)(C)CC(=O)CC3(C)C)cc2)cc1. The molecule has 1 heterocycles. The zero-order chi connectivity index (χ0) is 24.4. The Balaban J connectivity index is 1.63. The zero-order valence-electron chi connectivity index (χ0n) is 19.6. The first-order valence-electron chi connectivity index (χ1n) is 10.8. The van der Waals surface area contributed by atoms with Crippen molar-refractivity contribution in [3.63, 3.8) is 0 Å². The summed E-state index contributed by atoms with van der Waals surface area (Å²) in [6, 6.07) is 13.9. The maximum atomic E-state index is 12.9. The number of nitrogens with zero attached hydrogens (tertiary/aromatic N) is 1. The van der Waals surface area contributed by atoms with Crippen LogP contribution >= 0.6 is 0 Å². The van der Waals surface area contributed by atoms with Crippen LogP contribution in [0.4, 0.5) is 0 Å². The molecule has 2 aromatic rings. The lowest BCUT2D eigenvalue weighted by Gasteiger charge is -2.51. The van der Waals surface area contributed by atoms with Crippen LogP contribution in [0.2, 0.25) is 0 Å². The second-order valence-corrected chi connectivity index (χ2v) is 9.52. The van der Waals surface area contributed by atoms with Gasteiger partial charge < -0.3 is 14.4 Å². The fourth-order valence-electron chi connectivity index (χ4n) is 4.64. The molecule has 0 radical (unpaired) electrons. The fourth-order valence-corrected chi connectivity index (χ4v) is 4.64. The Morgan fingerprint density at radius 2 is 1.33 bits per heavy atom. The van der Waals surface area contributed by atoms with Gasteiger partial charge in [0.1, 0.15) is 11.5 Å². The van der Waals surface area contributed by atoms with E-state index in [1.54, 1.807) is 41.3 Å². The molecule has 0 aliphatic carbocycles. The molecule has 0 aromatic heterocycles. The van der Waals surface area contributed by atoms with Gasteiger partial charge in [0.2, 0.25) is 0 Å². The highest BCUT2D eigenvalue weighted by atomic mass is 16.5. The molecule has 0 N–H and O–H groups in total. The van der Waals surface area contributed by atoms with Gasteiger partial charge in [-0.2, -0.15) is 0 Å². The molecule has 0 unspecified atom stereocenters. The third kappa shape index (κ3) is 5.66. The summed E-state index contributed by atoms with van der Waals surface area (Å²) in [6.45, 7) is 8.35. The van der Waals surface area contributed by atoms with Crippen molar-refractivity contribution in [1.29, 1.82) is 0 Å². The maximum Gasteiger partial charge on any atom is 0.338 e. The summed E-state index contributed by atoms with van der Waals surface area (Å²) >= 11 is 0. The molecule has 7 heteroatoms. The number of ketones is 1. The first-order valence-corrected chi connectivity index (χ1v) is 10.8. The lowest BCUT2D eigenvalue weighted by atomic mass is 9.79. The van der Waals surface area contributed by atoms with Crippen molar-refractivity contribution in [3.05, 3.63) is 54.1 Å². The van der Waals surface area contributed by atoms with Crippen LogP contribution in [0.3, 0.4) is 0 Å². The number of esters is 2. The Morgan fingerprint density at radius 1 is 0.848 bits per heavy atom. The largest absolute Gasteiger partial charge is 0.452 e. The number of piperidine rings is 1. The molecule has 0 spiro atoms. The first kappa shape index (κ1) is 24.2. The van der Waals surface area contributed by atoms with Crippen molar-refractivity contribution in [1.82, 2.24) is 4.90 Å². The summed E-state index contributed by atoms with van der Waals surface area (Å²) in [5.74, 6) is -0.725. The van der Waals surface area contributed by atoms with E-state index in [9.17, 15) is 19.2 Å². The average Bonchev–Trinajstić information content (AvgIpc) is 2.70.